The Hall–Kier alpha value is -2.36. The van der Waals surface area contributed by atoms with Crippen molar-refractivity contribution in [3.8, 4) is 11.5 Å². The number of benzene rings is 2. The summed E-state index contributed by atoms with van der Waals surface area (Å²) in [4.78, 5) is 2.36. The molecule has 2 N–H and O–H groups in total. The number of fused-ring (bicyclic) bond motifs is 1. The molecule has 2 fully saturated rings. The van der Waals surface area contributed by atoms with Crippen LogP contribution in [0.3, 0.4) is 0 Å². The summed E-state index contributed by atoms with van der Waals surface area (Å²) in [7, 11) is 1.74. The minimum absolute atomic E-state index is 0.0486. The Morgan fingerprint density at radius 2 is 1.83 bits per heavy atom. The van der Waals surface area contributed by atoms with Gasteiger partial charge in [-0.15, -0.1) is 0 Å². The molecule has 5 rings (SSSR count). The number of ether oxygens (including phenoxy) is 5. The van der Waals surface area contributed by atoms with Crippen LogP contribution < -0.4 is 19.7 Å². The maximum Gasteiger partial charge on any atom is 0.142 e. The normalized spacial score (nSPS) is 23.7. The van der Waals surface area contributed by atoms with Crippen molar-refractivity contribution < 1.29 is 28.8 Å². The van der Waals surface area contributed by atoms with Gasteiger partial charge >= 0.3 is 0 Å². The largest absolute Gasteiger partial charge is 0.494 e. The summed E-state index contributed by atoms with van der Waals surface area (Å²) in [6, 6.07) is 14.4. The number of hydrogen-bond donors (Lipinski definition) is 2. The van der Waals surface area contributed by atoms with Crippen LogP contribution >= 0.6 is 0 Å². The molecule has 0 aromatic heterocycles. The molecule has 232 valence electrons. The van der Waals surface area contributed by atoms with E-state index in [2.05, 4.69) is 41.4 Å². The highest BCUT2D eigenvalue weighted by molar-refractivity contribution is 5.61. The van der Waals surface area contributed by atoms with Gasteiger partial charge in [0, 0.05) is 45.7 Å². The number of nitrogens with zero attached hydrogens (tertiary/aromatic N) is 1. The van der Waals surface area contributed by atoms with Crippen molar-refractivity contribution in [1.29, 1.82) is 0 Å². The van der Waals surface area contributed by atoms with Crippen LogP contribution in [-0.4, -0.2) is 82.6 Å². The summed E-state index contributed by atoms with van der Waals surface area (Å²) >= 11 is 0. The Labute approximate surface area is 251 Å². The van der Waals surface area contributed by atoms with Gasteiger partial charge in [-0.3, -0.25) is 0 Å². The molecule has 8 heteroatoms. The van der Waals surface area contributed by atoms with Crippen molar-refractivity contribution in [2.24, 2.45) is 0 Å². The molecule has 2 heterocycles. The quantitative estimate of drug-likeness (QED) is 0.299. The Balaban J connectivity index is 1.13. The van der Waals surface area contributed by atoms with Crippen molar-refractivity contribution in [3.63, 3.8) is 0 Å². The van der Waals surface area contributed by atoms with Gasteiger partial charge in [-0.25, -0.2) is 0 Å². The molecule has 2 aliphatic heterocycles. The maximum atomic E-state index is 11.0. The molecule has 0 amide bonds. The van der Waals surface area contributed by atoms with Crippen molar-refractivity contribution in [3.05, 3.63) is 53.6 Å². The summed E-state index contributed by atoms with van der Waals surface area (Å²) < 4.78 is 29.8. The smallest absolute Gasteiger partial charge is 0.142 e. The lowest BCUT2D eigenvalue weighted by Gasteiger charge is -2.36. The lowest BCUT2D eigenvalue weighted by molar-refractivity contribution is -0.0591. The number of methoxy groups -OCH3 is 1. The van der Waals surface area contributed by atoms with Crippen LogP contribution in [-0.2, 0) is 20.8 Å². The van der Waals surface area contributed by atoms with E-state index in [1.807, 2.05) is 18.2 Å². The zero-order valence-corrected chi connectivity index (χ0v) is 25.5. The van der Waals surface area contributed by atoms with Gasteiger partial charge in [-0.05, 0) is 61.6 Å². The topological polar surface area (TPSA) is 81.7 Å². The van der Waals surface area contributed by atoms with Crippen LogP contribution in [0.5, 0.6) is 11.5 Å². The van der Waals surface area contributed by atoms with E-state index in [-0.39, 0.29) is 17.6 Å². The van der Waals surface area contributed by atoms with Gasteiger partial charge in [-0.2, -0.15) is 0 Å². The number of β-amino-alcohol motifs (C(OH)–C–C–N with tert-alkyl or cyclic N) is 1. The second-order valence-electron chi connectivity index (χ2n) is 12.2. The Kier molecular flexibility index (Phi) is 11.4. The highest BCUT2D eigenvalue weighted by atomic mass is 16.5. The minimum Gasteiger partial charge on any atom is -0.494 e. The van der Waals surface area contributed by atoms with E-state index in [0.29, 0.717) is 32.9 Å². The molecular weight excluding hydrogens is 532 g/mol. The first-order valence-corrected chi connectivity index (χ1v) is 15.9. The number of aliphatic hydroxyl groups is 1. The molecule has 0 bridgehead atoms. The molecule has 3 atom stereocenters. The molecule has 1 aliphatic carbocycles. The van der Waals surface area contributed by atoms with Crippen molar-refractivity contribution >= 4 is 5.69 Å². The van der Waals surface area contributed by atoms with Crippen LogP contribution in [0, 0.1) is 0 Å². The average Bonchev–Trinajstić information content (AvgIpc) is 3.01. The van der Waals surface area contributed by atoms with Crippen LogP contribution in [0.15, 0.2) is 42.5 Å². The number of anilines is 1. The summed E-state index contributed by atoms with van der Waals surface area (Å²) in [6.45, 7) is 8.57. The Morgan fingerprint density at radius 1 is 1.00 bits per heavy atom. The van der Waals surface area contributed by atoms with Gasteiger partial charge in [0.1, 0.15) is 18.1 Å². The van der Waals surface area contributed by atoms with E-state index in [9.17, 15) is 5.11 Å². The van der Waals surface area contributed by atoms with Gasteiger partial charge in [0.25, 0.3) is 0 Å². The molecule has 42 heavy (non-hydrogen) atoms. The summed E-state index contributed by atoms with van der Waals surface area (Å²) in [5.74, 6) is 1.65. The van der Waals surface area contributed by atoms with Crippen molar-refractivity contribution in [2.75, 3.05) is 64.6 Å². The minimum atomic E-state index is -0.526. The third-order valence-corrected chi connectivity index (χ3v) is 8.92. The van der Waals surface area contributed by atoms with Crippen LogP contribution in [0.4, 0.5) is 5.69 Å². The summed E-state index contributed by atoms with van der Waals surface area (Å²) in [6.07, 6.45) is 7.38. The second-order valence-corrected chi connectivity index (χ2v) is 12.2. The summed E-state index contributed by atoms with van der Waals surface area (Å²) in [5.41, 5.74) is 3.33. The molecule has 3 aliphatic rings. The third kappa shape index (κ3) is 8.38. The van der Waals surface area contributed by atoms with Gasteiger partial charge in [0.2, 0.25) is 0 Å². The first kappa shape index (κ1) is 31.1. The van der Waals surface area contributed by atoms with Gasteiger partial charge in [-0.1, -0.05) is 37.5 Å². The Bertz CT molecular complexity index is 1090. The van der Waals surface area contributed by atoms with E-state index in [1.165, 1.54) is 32.1 Å². The van der Waals surface area contributed by atoms with E-state index < -0.39 is 6.10 Å². The number of piperidine rings is 1. The van der Waals surface area contributed by atoms with Crippen LogP contribution in [0.25, 0.3) is 0 Å². The van der Waals surface area contributed by atoms with Crippen LogP contribution in [0.1, 0.15) is 68.9 Å². The fourth-order valence-electron chi connectivity index (χ4n) is 6.52. The molecule has 8 nitrogen and oxygen atoms in total. The molecule has 1 saturated carbocycles. The predicted molar refractivity (Wildman–Crippen MR) is 165 cm³/mol. The average molecular weight is 583 g/mol. The number of aliphatic hydroxyl groups excluding tert-OH is 1. The number of nitrogens with one attached hydrogen (secondary N) is 1. The fraction of sp³-hybridized carbons (Fsp3) is 0.647. The van der Waals surface area contributed by atoms with E-state index in [4.69, 9.17) is 23.7 Å². The van der Waals surface area contributed by atoms with Gasteiger partial charge < -0.3 is 39.0 Å². The molecular formula is C34H50N2O6. The monoisotopic (exact) mass is 582 g/mol. The molecule has 2 aromatic carbocycles. The van der Waals surface area contributed by atoms with Crippen molar-refractivity contribution in [1.82, 2.24) is 5.32 Å². The molecule has 2 aromatic rings. The van der Waals surface area contributed by atoms with E-state index in [1.54, 1.807) is 7.11 Å². The highest BCUT2D eigenvalue weighted by Gasteiger charge is 2.34. The molecule has 0 radical (unpaired) electrons. The zero-order chi connectivity index (χ0) is 29.2. The SMILES string of the molecule is COCCCN1CCOc2ccc(CO[C@H]3CNC[C@@H](O)[C@@H]3c3ccc(OCCCOC4(C)CCCCC4)cc3)cc21. The predicted octanol–water partition coefficient (Wildman–Crippen LogP) is 5.06. The maximum absolute atomic E-state index is 11.0. The fourth-order valence-corrected chi connectivity index (χ4v) is 6.52. The lowest BCUT2D eigenvalue weighted by Crippen LogP contribution is -2.49. The lowest BCUT2D eigenvalue weighted by atomic mass is 9.85. The third-order valence-electron chi connectivity index (χ3n) is 8.92. The second kappa shape index (κ2) is 15.4. The summed E-state index contributed by atoms with van der Waals surface area (Å²) in [5, 5.41) is 14.3. The molecule has 0 spiro atoms. The standard InChI is InChI=1S/C34H50N2O6/c1-34(14-4-3-5-15-34)42-20-7-19-39-28-11-9-27(10-12-28)33-30(37)23-35-24-32(33)41-25-26-8-13-31-29(22-26)36(17-21-40-31)16-6-18-38-2/h8-13,22,30,32-33,35,37H,3-7,14-21,23-25H2,1-2H3/t30-,32+,33+/m1/s1. The zero-order valence-electron chi connectivity index (χ0n) is 25.5. The van der Waals surface area contributed by atoms with Crippen molar-refractivity contribution in [2.45, 2.75) is 82.2 Å². The first-order valence-electron chi connectivity index (χ1n) is 15.9. The van der Waals surface area contributed by atoms with E-state index in [0.717, 1.165) is 67.5 Å². The number of rotatable bonds is 14. The van der Waals surface area contributed by atoms with E-state index >= 15 is 0 Å². The van der Waals surface area contributed by atoms with Gasteiger partial charge in [0.05, 0.1) is 49.9 Å². The van der Waals surface area contributed by atoms with Crippen LogP contribution in [0.2, 0.25) is 0 Å². The first-order chi connectivity index (χ1) is 20.5. The molecule has 1 saturated heterocycles. The molecule has 0 unspecified atom stereocenters. The van der Waals surface area contributed by atoms with Gasteiger partial charge in [0.15, 0.2) is 0 Å². The Morgan fingerprint density at radius 3 is 2.64 bits per heavy atom. The number of hydrogen-bond acceptors (Lipinski definition) is 8. The highest BCUT2D eigenvalue weighted by Crippen LogP contribution is 2.35.